The Kier molecular flexibility index (Phi) is 9.82. The number of aromatic nitrogens is 2. The van der Waals surface area contributed by atoms with Crippen LogP contribution in [0.15, 0.2) is 40.8 Å². The van der Waals surface area contributed by atoms with Crippen LogP contribution in [0.5, 0.6) is 11.5 Å². The minimum atomic E-state index is -5.38. The minimum Gasteiger partial charge on any atom is -0.496 e. The molecule has 3 rings (SSSR count). The molecule has 0 saturated carbocycles. The highest BCUT2D eigenvalue weighted by Gasteiger charge is 2.42. The van der Waals surface area contributed by atoms with Gasteiger partial charge in [0.15, 0.2) is 11.6 Å². The zero-order valence-corrected chi connectivity index (χ0v) is 21.4. The summed E-state index contributed by atoms with van der Waals surface area (Å²) in [6, 6.07) is 7.43. The topological polar surface area (TPSA) is 119 Å². The molecule has 0 aliphatic rings. The fourth-order valence-electron chi connectivity index (χ4n) is 3.53. The second kappa shape index (κ2) is 13.0. The first-order valence-electron chi connectivity index (χ1n) is 11.9. The molecule has 0 bridgehead atoms. The Morgan fingerprint density at radius 2 is 1.85 bits per heavy atom. The van der Waals surface area contributed by atoms with E-state index in [1.807, 2.05) is 0 Å². The molecule has 14 heteroatoms. The second-order valence-corrected chi connectivity index (χ2v) is 8.09. The molecule has 10 nitrogen and oxygen atoms in total. The Labute approximate surface area is 221 Å². The number of benzene rings is 2. The van der Waals surface area contributed by atoms with Crippen molar-refractivity contribution in [3.63, 3.8) is 0 Å². The van der Waals surface area contributed by atoms with Crippen LogP contribution in [0, 0.1) is 5.82 Å². The van der Waals surface area contributed by atoms with Gasteiger partial charge >= 0.3 is 18.2 Å². The standard InChI is InChI=1S/C25H27F4N5O5/c1-4-34(5-2)13-7-12-30-24-33-32-22(39-24)16-11-10-15(14-19(16)37-3)31-21(35)17-8-6-9-18(26)20(17)38-23(36)25(27,28)29/h6,8-11,14H,4-5,7,12-13H2,1-3H3,(H,30,33)(H,31,35). The number of esters is 1. The summed E-state index contributed by atoms with van der Waals surface area (Å²) in [6.45, 7) is 7.67. The number of amides is 1. The summed E-state index contributed by atoms with van der Waals surface area (Å²) >= 11 is 0. The van der Waals surface area contributed by atoms with E-state index < -0.39 is 35.2 Å². The van der Waals surface area contributed by atoms with Crippen LogP contribution >= 0.6 is 0 Å². The number of carbonyl (C=O) groups is 2. The van der Waals surface area contributed by atoms with Gasteiger partial charge in [0, 0.05) is 18.3 Å². The summed E-state index contributed by atoms with van der Waals surface area (Å²) in [7, 11) is 1.37. The summed E-state index contributed by atoms with van der Waals surface area (Å²) in [4.78, 5) is 26.2. The van der Waals surface area contributed by atoms with Gasteiger partial charge in [0.2, 0.25) is 0 Å². The first kappa shape index (κ1) is 29.4. The Bertz CT molecular complexity index is 1290. The van der Waals surface area contributed by atoms with Crippen molar-refractivity contribution in [2.75, 3.05) is 43.9 Å². The first-order chi connectivity index (χ1) is 18.6. The Morgan fingerprint density at radius 1 is 1.10 bits per heavy atom. The lowest BCUT2D eigenvalue weighted by Gasteiger charge is -2.17. The number of ether oxygens (including phenoxy) is 2. The SMILES string of the molecule is CCN(CC)CCCNc1nnc(-c2ccc(NC(=O)c3cccc(F)c3OC(=O)C(F)(F)F)cc2OC)o1. The van der Waals surface area contributed by atoms with Crippen LogP contribution in [0.25, 0.3) is 11.5 Å². The van der Waals surface area contributed by atoms with Crippen LogP contribution in [0.1, 0.15) is 30.6 Å². The van der Waals surface area contributed by atoms with Crippen LogP contribution < -0.4 is 20.1 Å². The van der Waals surface area contributed by atoms with E-state index >= 15 is 0 Å². The molecule has 0 radical (unpaired) electrons. The van der Waals surface area contributed by atoms with Gasteiger partial charge in [-0.2, -0.15) is 13.2 Å². The Morgan fingerprint density at radius 3 is 2.51 bits per heavy atom. The highest BCUT2D eigenvalue weighted by molar-refractivity contribution is 6.07. The molecule has 0 fully saturated rings. The van der Waals surface area contributed by atoms with E-state index in [0.29, 0.717) is 12.1 Å². The number of methoxy groups -OCH3 is 1. The zero-order chi connectivity index (χ0) is 28.6. The number of nitrogens with one attached hydrogen (secondary N) is 2. The third kappa shape index (κ3) is 7.66. The summed E-state index contributed by atoms with van der Waals surface area (Å²) in [5.74, 6) is -5.78. The molecular weight excluding hydrogens is 526 g/mol. The smallest absolute Gasteiger partial charge is 0.491 e. The fourth-order valence-corrected chi connectivity index (χ4v) is 3.53. The summed E-state index contributed by atoms with van der Waals surface area (Å²) in [6.07, 6.45) is -4.51. The minimum absolute atomic E-state index is 0.141. The Hall–Kier alpha value is -4.20. The van der Waals surface area contributed by atoms with Gasteiger partial charge in [-0.25, -0.2) is 9.18 Å². The number of nitrogens with zero attached hydrogens (tertiary/aromatic N) is 3. The van der Waals surface area contributed by atoms with Crippen LogP contribution in [-0.2, 0) is 4.79 Å². The molecule has 3 aromatic rings. The quantitative estimate of drug-likeness (QED) is 0.142. The molecule has 1 amide bonds. The molecule has 0 saturated heterocycles. The van der Waals surface area contributed by atoms with Gasteiger partial charge in [0.25, 0.3) is 11.8 Å². The number of para-hydroxylation sites is 1. The number of halogens is 4. The van der Waals surface area contributed by atoms with E-state index in [-0.39, 0.29) is 23.3 Å². The summed E-state index contributed by atoms with van der Waals surface area (Å²) < 4.78 is 67.1. The molecule has 39 heavy (non-hydrogen) atoms. The molecule has 2 N–H and O–H groups in total. The molecule has 2 aromatic carbocycles. The molecular formula is C25H27F4N5O5. The van der Waals surface area contributed by atoms with Crippen molar-refractivity contribution < 1.29 is 41.0 Å². The van der Waals surface area contributed by atoms with E-state index in [9.17, 15) is 27.2 Å². The van der Waals surface area contributed by atoms with Gasteiger partial charge in [-0.15, -0.1) is 5.10 Å². The van der Waals surface area contributed by atoms with Crippen LogP contribution in [0.4, 0.5) is 29.3 Å². The highest BCUT2D eigenvalue weighted by Crippen LogP contribution is 2.33. The van der Waals surface area contributed by atoms with Crippen molar-refractivity contribution in [2.45, 2.75) is 26.4 Å². The number of hydrogen-bond donors (Lipinski definition) is 2. The maximum Gasteiger partial charge on any atom is 0.491 e. The van der Waals surface area contributed by atoms with E-state index in [1.54, 1.807) is 0 Å². The molecule has 0 aliphatic heterocycles. The lowest BCUT2D eigenvalue weighted by molar-refractivity contribution is -0.189. The van der Waals surface area contributed by atoms with Gasteiger partial charge in [0.1, 0.15) is 5.75 Å². The predicted octanol–water partition coefficient (Wildman–Crippen LogP) is 4.75. The maximum atomic E-state index is 14.1. The molecule has 0 spiro atoms. The van der Waals surface area contributed by atoms with Gasteiger partial charge in [-0.3, -0.25) is 4.79 Å². The zero-order valence-electron chi connectivity index (χ0n) is 21.4. The molecule has 210 valence electrons. The lowest BCUT2D eigenvalue weighted by atomic mass is 10.1. The molecule has 0 atom stereocenters. The number of carbonyl (C=O) groups excluding carboxylic acids is 2. The Balaban J connectivity index is 1.72. The number of anilines is 2. The van der Waals surface area contributed by atoms with Crippen molar-refractivity contribution in [3.8, 4) is 23.0 Å². The highest BCUT2D eigenvalue weighted by atomic mass is 19.4. The van der Waals surface area contributed by atoms with Crippen molar-refractivity contribution in [1.82, 2.24) is 15.1 Å². The largest absolute Gasteiger partial charge is 0.496 e. The molecule has 0 unspecified atom stereocenters. The monoisotopic (exact) mass is 553 g/mol. The average molecular weight is 554 g/mol. The van der Waals surface area contributed by atoms with Crippen LogP contribution in [0.2, 0.25) is 0 Å². The molecule has 0 aliphatic carbocycles. The predicted molar refractivity (Wildman–Crippen MR) is 133 cm³/mol. The van der Waals surface area contributed by atoms with E-state index in [4.69, 9.17) is 9.15 Å². The number of rotatable bonds is 12. The van der Waals surface area contributed by atoms with Gasteiger partial charge < -0.3 is 29.4 Å². The van der Waals surface area contributed by atoms with Gasteiger partial charge in [-0.1, -0.05) is 25.0 Å². The molecule has 1 aromatic heterocycles. The van der Waals surface area contributed by atoms with E-state index in [2.05, 4.69) is 44.3 Å². The van der Waals surface area contributed by atoms with Gasteiger partial charge in [-0.05, 0) is 50.3 Å². The fraction of sp³-hybridized carbons (Fsp3) is 0.360. The van der Waals surface area contributed by atoms with E-state index in [0.717, 1.165) is 44.3 Å². The van der Waals surface area contributed by atoms with E-state index in [1.165, 1.54) is 25.3 Å². The van der Waals surface area contributed by atoms with Gasteiger partial charge in [0.05, 0.1) is 18.2 Å². The van der Waals surface area contributed by atoms with Crippen molar-refractivity contribution in [3.05, 3.63) is 47.8 Å². The number of alkyl halides is 3. The van der Waals surface area contributed by atoms with Crippen LogP contribution in [-0.4, -0.2) is 66.4 Å². The van der Waals surface area contributed by atoms with Crippen molar-refractivity contribution in [1.29, 1.82) is 0 Å². The third-order valence-electron chi connectivity index (χ3n) is 5.57. The number of hydrogen-bond acceptors (Lipinski definition) is 9. The summed E-state index contributed by atoms with van der Waals surface area (Å²) in [5.41, 5.74) is -0.0683. The average Bonchev–Trinajstić information content (AvgIpc) is 3.37. The lowest BCUT2D eigenvalue weighted by Crippen LogP contribution is -2.29. The normalized spacial score (nSPS) is 11.4. The molecule has 1 heterocycles. The second-order valence-electron chi connectivity index (χ2n) is 8.09. The van der Waals surface area contributed by atoms with Crippen molar-refractivity contribution >= 4 is 23.6 Å². The van der Waals surface area contributed by atoms with Crippen LogP contribution in [0.3, 0.4) is 0 Å². The third-order valence-corrected chi connectivity index (χ3v) is 5.57. The van der Waals surface area contributed by atoms with Crippen molar-refractivity contribution in [2.24, 2.45) is 0 Å². The summed E-state index contributed by atoms with van der Waals surface area (Å²) in [5, 5.41) is 13.5. The maximum absolute atomic E-state index is 14.1. The first-order valence-corrected chi connectivity index (χ1v) is 11.9.